The van der Waals surface area contributed by atoms with Gasteiger partial charge in [-0.2, -0.15) is 0 Å². The molecule has 1 saturated heterocycles. The van der Waals surface area contributed by atoms with Gasteiger partial charge in [-0.1, -0.05) is 11.6 Å². The van der Waals surface area contributed by atoms with Gasteiger partial charge >= 0.3 is 0 Å². The molecule has 1 aromatic carbocycles. The third-order valence-electron chi connectivity index (χ3n) is 4.25. The lowest BCUT2D eigenvalue weighted by atomic mass is 10.2. The summed E-state index contributed by atoms with van der Waals surface area (Å²) in [4.78, 5) is 44.3. The molecule has 2 heterocycles. The number of aromatic nitrogens is 2. The Morgan fingerprint density at radius 1 is 1.31 bits per heavy atom. The average Bonchev–Trinajstić information content (AvgIpc) is 2.65. The minimum atomic E-state index is -0.350. The van der Waals surface area contributed by atoms with Gasteiger partial charge in [-0.25, -0.2) is 4.98 Å². The van der Waals surface area contributed by atoms with E-state index >= 15 is 0 Å². The lowest BCUT2D eigenvalue weighted by Gasteiger charge is -2.28. The van der Waals surface area contributed by atoms with Crippen LogP contribution in [0.5, 0.6) is 0 Å². The van der Waals surface area contributed by atoms with E-state index in [-0.39, 0.29) is 30.5 Å². The van der Waals surface area contributed by atoms with Gasteiger partial charge in [0, 0.05) is 25.2 Å². The lowest BCUT2D eigenvalue weighted by molar-refractivity contribution is -0.142. The molecule has 2 amide bonds. The summed E-state index contributed by atoms with van der Waals surface area (Å²) in [5, 5.41) is 0.772. The van der Waals surface area contributed by atoms with E-state index in [9.17, 15) is 14.4 Å². The second kappa shape index (κ2) is 7.84. The Bertz CT molecular complexity index is 892. The highest BCUT2D eigenvalue weighted by atomic mass is 35.5. The first-order valence-corrected chi connectivity index (χ1v) is 8.57. The van der Waals surface area contributed by atoms with Crippen LogP contribution in [0.1, 0.15) is 0 Å². The second-order valence-corrected chi connectivity index (χ2v) is 6.52. The maximum absolute atomic E-state index is 12.5. The molecule has 0 saturated carbocycles. The van der Waals surface area contributed by atoms with Crippen molar-refractivity contribution >= 4 is 34.3 Å². The Kier molecular flexibility index (Phi) is 5.53. The molecule has 1 aliphatic heterocycles. The maximum atomic E-state index is 12.5. The third-order valence-corrected chi connectivity index (χ3v) is 4.49. The van der Waals surface area contributed by atoms with Gasteiger partial charge in [0.1, 0.15) is 6.54 Å². The number of benzene rings is 1. The fourth-order valence-corrected chi connectivity index (χ4v) is 2.89. The van der Waals surface area contributed by atoms with Crippen LogP contribution in [0.25, 0.3) is 10.9 Å². The summed E-state index contributed by atoms with van der Waals surface area (Å²) in [6, 6.07) is 4.83. The Hall–Kier alpha value is -2.45. The van der Waals surface area contributed by atoms with Crippen molar-refractivity contribution in [3.63, 3.8) is 0 Å². The van der Waals surface area contributed by atoms with Crippen LogP contribution < -0.4 is 5.56 Å². The fourth-order valence-electron chi connectivity index (χ4n) is 2.71. The van der Waals surface area contributed by atoms with E-state index < -0.39 is 0 Å². The lowest BCUT2D eigenvalue weighted by Crippen LogP contribution is -2.46. The van der Waals surface area contributed by atoms with Crippen LogP contribution in [0.2, 0.25) is 5.02 Å². The van der Waals surface area contributed by atoms with Crippen LogP contribution in [0.3, 0.4) is 0 Å². The molecule has 0 radical (unpaired) electrons. The fraction of sp³-hybridized carbons (Fsp3) is 0.412. The number of rotatable bonds is 4. The number of likely N-dealkylation sites (N-methyl/N-ethyl adjacent to an activating group) is 1. The summed E-state index contributed by atoms with van der Waals surface area (Å²) in [6.07, 6.45) is 1.33. The van der Waals surface area contributed by atoms with Crippen molar-refractivity contribution < 1.29 is 14.3 Å². The van der Waals surface area contributed by atoms with Crippen molar-refractivity contribution in [2.24, 2.45) is 0 Å². The van der Waals surface area contributed by atoms with Crippen molar-refractivity contribution in [1.82, 2.24) is 19.4 Å². The zero-order valence-corrected chi connectivity index (χ0v) is 15.1. The Morgan fingerprint density at radius 3 is 2.77 bits per heavy atom. The van der Waals surface area contributed by atoms with Gasteiger partial charge in [-0.15, -0.1) is 0 Å². The van der Waals surface area contributed by atoms with Crippen LogP contribution >= 0.6 is 11.6 Å². The quantitative estimate of drug-likeness (QED) is 0.767. The maximum Gasteiger partial charge on any atom is 0.261 e. The zero-order valence-electron chi connectivity index (χ0n) is 14.4. The molecule has 3 rings (SSSR count). The number of hydrogen-bond acceptors (Lipinski definition) is 5. The minimum absolute atomic E-state index is 0.0412. The van der Waals surface area contributed by atoms with E-state index in [0.29, 0.717) is 42.2 Å². The highest BCUT2D eigenvalue weighted by Crippen LogP contribution is 2.14. The highest BCUT2D eigenvalue weighted by molar-refractivity contribution is 6.31. The van der Waals surface area contributed by atoms with E-state index in [1.54, 1.807) is 17.0 Å². The Morgan fingerprint density at radius 2 is 2.04 bits per heavy atom. The van der Waals surface area contributed by atoms with Crippen LogP contribution in [0.15, 0.2) is 29.3 Å². The molecule has 26 heavy (non-hydrogen) atoms. The summed E-state index contributed by atoms with van der Waals surface area (Å²) in [5.74, 6) is -0.489. The predicted octanol–water partition coefficient (Wildman–Crippen LogP) is 0.367. The van der Waals surface area contributed by atoms with Crippen molar-refractivity contribution in [3.05, 3.63) is 39.9 Å². The van der Waals surface area contributed by atoms with E-state index in [2.05, 4.69) is 4.98 Å². The summed E-state index contributed by atoms with van der Waals surface area (Å²) in [6.45, 7) is 1.82. The standard InChI is InChI=1S/C17H19ClN4O4/c1-20(9-16(24)21-4-6-26-7-5-21)15(23)10-22-11-19-14-3-2-12(18)8-13(14)17(22)25/h2-3,8,11H,4-7,9-10H2,1H3. The SMILES string of the molecule is CN(CC(=O)N1CCOCC1)C(=O)Cn1cnc2ccc(Cl)cc2c1=O. The number of carbonyl (C=O) groups is 2. The van der Waals surface area contributed by atoms with Crippen LogP contribution in [0.4, 0.5) is 0 Å². The number of ether oxygens (including phenoxy) is 1. The first-order chi connectivity index (χ1) is 12.5. The van der Waals surface area contributed by atoms with Gasteiger partial charge in [0.25, 0.3) is 5.56 Å². The van der Waals surface area contributed by atoms with Crippen molar-refractivity contribution in [1.29, 1.82) is 0 Å². The minimum Gasteiger partial charge on any atom is -0.378 e. The summed E-state index contributed by atoms with van der Waals surface area (Å²) >= 11 is 5.93. The molecular formula is C17H19ClN4O4. The number of halogens is 1. The van der Waals surface area contributed by atoms with E-state index in [0.717, 1.165) is 0 Å². The molecule has 9 heteroatoms. The molecule has 8 nitrogen and oxygen atoms in total. The first kappa shape index (κ1) is 18.3. The van der Waals surface area contributed by atoms with Crippen molar-refractivity contribution in [2.75, 3.05) is 39.9 Å². The number of fused-ring (bicyclic) bond motifs is 1. The van der Waals surface area contributed by atoms with Gasteiger partial charge < -0.3 is 14.5 Å². The van der Waals surface area contributed by atoms with Gasteiger partial charge in [-0.05, 0) is 18.2 Å². The second-order valence-electron chi connectivity index (χ2n) is 6.08. The van der Waals surface area contributed by atoms with Gasteiger partial charge in [0.2, 0.25) is 11.8 Å². The van der Waals surface area contributed by atoms with Gasteiger partial charge in [0.05, 0.1) is 37.0 Å². The molecule has 1 fully saturated rings. The van der Waals surface area contributed by atoms with E-state index in [4.69, 9.17) is 16.3 Å². The molecule has 0 unspecified atom stereocenters. The molecule has 0 aliphatic carbocycles. The molecule has 1 aromatic heterocycles. The normalized spacial score (nSPS) is 14.5. The highest BCUT2D eigenvalue weighted by Gasteiger charge is 2.21. The number of amides is 2. The van der Waals surface area contributed by atoms with Crippen molar-refractivity contribution in [3.8, 4) is 0 Å². The largest absolute Gasteiger partial charge is 0.378 e. The molecule has 2 aromatic rings. The zero-order chi connectivity index (χ0) is 18.7. The molecule has 0 atom stereocenters. The molecule has 1 aliphatic rings. The van der Waals surface area contributed by atoms with Gasteiger partial charge in [-0.3, -0.25) is 19.0 Å². The smallest absolute Gasteiger partial charge is 0.261 e. The van der Waals surface area contributed by atoms with Crippen LogP contribution in [0, 0.1) is 0 Å². The third kappa shape index (κ3) is 4.03. The number of nitrogens with zero attached hydrogens (tertiary/aromatic N) is 4. The Balaban J connectivity index is 1.69. The van der Waals surface area contributed by atoms with E-state index in [1.165, 1.54) is 28.9 Å². The predicted molar refractivity (Wildman–Crippen MR) is 96.0 cm³/mol. The number of carbonyl (C=O) groups excluding carboxylic acids is 2. The van der Waals surface area contributed by atoms with Crippen molar-refractivity contribution in [2.45, 2.75) is 6.54 Å². The van der Waals surface area contributed by atoms with Crippen LogP contribution in [-0.4, -0.2) is 71.1 Å². The molecular weight excluding hydrogens is 360 g/mol. The monoisotopic (exact) mass is 378 g/mol. The summed E-state index contributed by atoms with van der Waals surface area (Å²) in [5.41, 5.74) is 0.165. The molecule has 0 bridgehead atoms. The van der Waals surface area contributed by atoms with Crippen LogP contribution in [-0.2, 0) is 20.9 Å². The Labute approximate surface area is 154 Å². The molecule has 0 N–H and O–H groups in total. The van der Waals surface area contributed by atoms with Gasteiger partial charge in [0.15, 0.2) is 0 Å². The molecule has 138 valence electrons. The molecule has 0 spiro atoms. The number of hydrogen-bond donors (Lipinski definition) is 0. The summed E-state index contributed by atoms with van der Waals surface area (Å²) < 4.78 is 6.43. The first-order valence-electron chi connectivity index (χ1n) is 8.20. The number of morpholine rings is 1. The summed E-state index contributed by atoms with van der Waals surface area (Å²) in [7, 11) is 1.54. The average molecular weight is 379 g/mol. The topological polar surface area (TPSA) is 84.7 Å². The van der Waals surface area contributed by atoms with E-state index in [1.807, 2.05) is 0 Å².